The van der Waals surface area contributed by atoms with E-state index in [2.05, 4.69) is 52.2 Å². The smallest absolute Gasteiger partial charge is 0.235 e. The van der Waals surface area contributed by atoms with Crippen molar-refractivity contribution in [3.63, 3.8) is 0 Å². The van der Waals surface area contributed by atoms with Crippen LogP contribution in [0.3, 0.4) is 0 Å². The van der Waals surface area contributed by atoms with Gasteiger partial charge < -0.3 is 0 Å². The third-order valence-electron chi connectivity index (χ3n) is 2.98. The molecule has 1 amide bonds. The number of nitrogens with one attached hydrogen (secondary N) is 2. The Hall–Kier alpha value is -2.31. The minimum Gasteiger partial charge on any atom is -0.274 e. The van der Waals surface area contributed by atoms with Gasteiger partial charge in [-0.3, -0.25) is 15.6 Å². The van der Waals surface area contributed by atoms with Crippen LogP contribution >= 0.6 is 23.1 Å². The summed E-state index contributed by atoms with van der Waals surface area (Å²) < 4.78 is 0. The monoisotopic (exact) mass is 341 g/mol. The maximum Gasteiger partial charge on any atom is 0.235 e. The van der Waals surface area contributed by atoms with Crippen molar-refractivity contribution in [2.24, 2.45) is 0 Å². The van der Waals surface area contributed by atoms with Crippen molar-refractivity contribution in [3.8, 4) is 11.3 Å². The molecule has 116 valence electrons. The first-order valence-corrected chi connectivity index (χ1v) is 8.72. The van der Waals surface area contributed by atoms with E-state index in [1.54, 1.807) is 11.8 Å². The molecular formula is C17H15N3OS2. The lowest BCUT2D eigenvalue weighted by molar-refractivity contribution is -0.118. The number of amides is 1. The highest BCUT2D eigenvalue weighted by Crippen LogP contribution is 2.30. The maximum atomic E-state index is 10.9. The lowest BCUT2D eigenvalue weighted by atomic mass is 10.2. The van der Waals surface area contributed by atoms with Gasteiger partial charge in [-0.05, 0) is 24.3 Å². The van der Waals surface area contributed by atoms with Crippen LogP contribution in [0.2, 0.25) is 0 Å². The quantitative estimate of drug-likeness (QED) is 0.674. The Bertz CT molecular complexity index is 785. The fourth-order valence-corrected chi connectivity index (χ4v) is 3.43. The van der Waals surface area contributed by atoms with Crippen LogP contribution in [0, 0.1) is 0 Å². The number of nitrogens with zero attached hydrogens (tertiary/aromatic N) is 1. The summed E-state index contributed by atoms with van der Waals surface area (Å²) in [5.41, 5.74) is 7.24. The Balaban J connectivity index is 1.68. The van der Waals surface area contributed by atoms with E-state index < -0.39 is 0 Å². The SMILES string of the molecule is CC(=O)NNc1nc(-c2ccc(Sc3ccccc3)cc2)cs1. The summed E-state index contributed by atoms with van der Waals surface area (Å²) >= 11 is 3.18. The molecule has 0 atom stereocenters. The standard InChI is InChI=1S/C17H15N3OS2/c1-12(21)19-20-17-18-16(11-22-17)13-7-9-15(10-8-13)23-14-5-3-2-4-6-14/h2-11H,1H3,(H,18,20)(H,19,21). The first-order valence-electron chi connectivity index (χ1n) is 7.02. The molecule has 0 saturated carbocycles. The van der Waals surface area contributed by atoms with Crippen molar-refractivity contribution in [2.45, 2.75) is 16.7 Å². The van der Waals surface area contributed by atoms with Gasteiger partial charge in [-0.15, -0.1) is 11.3 Å². The Kier molecular flexibility index (Phi) is 4.95. The van der Waals surface area contributed by atoms with Crippen LogP contribution in [0.5, 0.6) is 0 Å². The van der Waals surface area contributed by atoms with Gasteiger partial charge in [0.2, 0.25) is 11.0 Å². The summed E-state index contributed by atoms with van der Waals surface area (Å²) in [4.78, 5) is 17.7. The topological polar surface area (TPSA) is 54.0 Å². The summed E-state index contributed by atoms with van der Waals surface area (Å²) in [5, 5.41) is 2.63. The molecule has 0 bridgehead atoms. The molecule has 0 saturated heterocycles. The van der Waals surface area contributed by atoms with Gasteiger partial charge in [-0.1, -0.05) is 42.1 Å². The van der Waals surface area contributed by atoms with Crippen LogP contribution in [0.1, 0.15) is 6.92 Å². The number of carbonyl (C=O) groups is 1. The normalized spacial score (nSPS) is 10.3. The highest BCUT2D eigenvalue weighted by atomic mass is 32.2. The molecule has 0 aliphatic carbocycles. The highest BCUT2D eigenvalue weighted by molar-refractivity contribution is 7.99. The summed E-state index contributed by atoms with van der Waals surface area (Å²) in [6.45, 7) is 1.45. The van der Waals surface area contributed by atoms with Crippen LogP contribution in [0.25, 0.3) is 11.3 Å². The molecule has 0 fully saturated rings. The van der Waals surface area contributed by atoms with Gasteiger partial charge in [0.05, 0.1) is 5.69 Å². The van der Waals surface area contributed by atoms with Crippen LogP contribution in [-0.2, 0) is 4.79 Å². The molecule has 1 aromatic heterocycles. The number of hydrogen-bond acceptors (Lipinski definition) is 5. The molecule has 3 aromatic rings. The Morgan fingerprint density at radius 2 is 1.74 bits per heavy atom. The molecule has 0 spiro atoms. The number of rotatable bonds is 5. The van der Waals surface area contributed by atoms with Crippen molar-refractivity contribution in [1.29, 1.82) is 0 Å². The van der Waals surface area contributed by atoms with Crippen molar-refractivity contribution >= 4 is 34.1 Å². The third-order valence-corrected chi connectivity index (χ3v) is 4.75. The number of thiazole rings is 1. The molecular weight excluding hydrogens is 326 g/mol. The summed E-state index contributed by atoms with van der Waals surface area (Å²) in [7, 11) is 0. The van der Waals surface area contributed by atoms with E-state index in [9.17, 15) is 4.79 Å². The molecule has 6 heteroatoms. The average molecular weight is 341 g/mol. The van der Waals surface area contributed by atoms with Gasteiger partial charge in [0.1, 0.15) is 0 Å². The minimum absolute atomic E-state index is 0.149. The fraction of sp³-hybridized carbons (Fsp3) is 0.0588. The van der Waals surface area contributed by atoms with Crippen LogP contribution in [0.15, 0.2) is 69.8 Å². The Labute approximate surface area is 142 Å². The van der Waals surface area contributed by atoms with E-state index in [0.29, 0.717) is 5.13 Å². The van der Waals surface area contributed by atoms with Gasteiger partial charge in [-0.2, -0.15) is 0 Å². The molecule has 0 aliphatic rings. The molecule has 2 aromatic carbocycles. The van der Waals surface area contributed by atoms with Gasteiger partial charge in [0, 0.05) is 27.7 Å². The molecule has 0 unspecified atom stereocenters. The van der Waals surface area contributed by atoms with E-state index in [0.717, 1.165) is 11.3 Å². The number of benzene rings is 2. The highest BCUT2D eigenvalue weighted by Gasteiger charge is 2.05. The fourth-order valence-electron chi connectivity index (χ4n) is 1.92. The van der Waals surface area contributed by atoms with E-state index in [4.69, 9.17) is 0 Å². The first kappa shape index (κ1) is 15.6. The zero-order valence-corrected chi connectivity index (χ0v) is 14.1. The first-order chi connectivity index (χ1) is 11.2. The molecule has 1 heterocycles. The van der Waals surface area contributed by atoms with E-state index in [1.165, 1.54) is 28.1 Å². The van der Waals surface area contributed by atoms with E-state index in [-0.39, 0.29) is 5.91 Å². The lowest BCUT2D eigenvalue weighted by Gasteiger charge is -2.03. The second-order valence-corrected chi connectivity index (χ2v) is 6.79. The Morgan fingerprint density at radius 3 is 2.43 bits per heavy atom. The van der Waals surface area contributed by atoms with E-state index >= 15 is 0 Å². The van der Waals surface area contributed by atoms with Crippen molar-refractivity contribution in [2.75, 3.05) is 5.43 Å². The van der Waals surface area contributed by atoms with Crippen LogP contribution < -0.4 is 10.9 Å². The van der Waals surface area contributed by atoms with Crippen LogP contribution in [0.4, 0.5) is 5.13 Å². The van der Waals surface area contributed by atoms with Gasteiger partial charge in [0.15, 0.2) is 0 Å². The van der Waals surface area contributed by atoms with E-state index in [1.807, 2.05) is 23.6 Å². The summed E-state index contributed by atoms with van der Waals surface area (Å²) in [5.74, 6) is -0.149. The minimum atomic E-state index is -0.149. The molecule has 2 N–H and O–H groups in total. The summed E-state index contributed by atoms with van der Waals surface area (Å²) in [6, 6.07) is 18.6. The number of hydrazine groups is 1. The van der Waals surface area contributed by atoms with Crippen molar-refractivity contribution in [1.82, 2.24) is 10.4 Å². The molecule has 23 heavy (non-hydrogen) atoms. The molecule has 0 aliphatic heterocycles. The predicted molar refractivity (Wildman–Crippen MR) is 95.6 cm³/mol. The zero-order valence-electron chi connectivity index (χ0n) is 12.4. The average Bonchev–Trinajstić information content (AvgIpc) is 3.04. The number of aromatic nitrogens is 1. The lowest BCUT2D eigenvalue weighted by Crippen LogP contribution is -2.26. The Morgan fingerprint density at radius 1 is 1.04 bits per heavy atom. The van der Waals surface area contributed by atoms with Crippen molar-refractivity contribution in [3.05, 3.63) is 60.0 Å². The van der Waals surface area contributed by atoms with Gasteiger partial charge in [0.25, 0.3) is 0 Å². The second-order valence-electron chi connectivity index (χ2n) is 4.78. The summed E-state index contributed by atoms with van der Waals surface area (Å²) in [6.07, 6.45) is 0. The zero-order chi connectivity index (χ0) is 16.1. The maximum absolute atomic E-state index is 10.9. The van der Waals surface area contributed by atoms with Crippen molar-refractivity contribution < 1.29 is 4.79 Å². The number of anilines is 1. The second kappa shape index (κ2) is 7.30. The number of hydrogen-bond donors (Lipinski definition) is 2. The molecule has 3 rings (SSSR count). The number of carbonyl (C=O) groups excluding carboxylic acids is 1. The predicted octanol–water partition coefficient (Wildman–Crippen LogP) is 4.42. The largest absolute Gasteiger partial charge is 0.274 e. The van der Waals surface area contributed by atoms with Gasteiger partial charge >= 0.3 is 0 Å². The van der Waals surface area contributed by atoms with Gasteiger partial charge in [-0.25, -0.2) is 4.98 Å². The molecule has 0 radical (unpaired) electrons. The third kappa shape index (κ3) is 4.34. The molecule has 4 nitrogen and oxygen atoms in total. The van der Waals surface area contributed by atoms with Crippen LogP contribution in [-0.4, -0.2) is 10.9 Å².